The molecule has 8 aromatic rings. The third-order valence-electron chi connectivity index (χ3n) is 14.8. The number of H-pyrrole nitrogens is 2. The number of halogens is 4. The molecule has 20 atom stereocenters. The van der Waals surface area contributed by atoms with Crippen molar-refractivity contribution in [2.45, 2.75) is 95.0 Å². The van der Waals surface area contributed by atoms with Crippen molar-refractivity contribution in [3.8, 4) is 0 Å². The van der Waals surface area contributed by atoms with Crippen molar-refractivity contribution >= 4 is 166 Å². The van der Waals surface area contributed by atoms with Crippen molar-refractivity contribution in [3.05, 3.63) is 57.9 Å². The molecule has 13 N–H and O–H groups in total. The Balaban J connectivity index is 0.000000168. The van der Waals surface area contributed by atoms with E-state index in [0.29, 0.717) is 0 Å². The normalized spacial score (nSPS) is 37.4. The van der Waals surface area contributed by atoms with Gasteiger partial charge in [0.1, 0.15) is 72.4 Å². The minimum absolute atomic E-state index is 0.00809. The van der Waals surface area contributed by atoms with Crippen molar-refractivity contribution in [3.63, 3.8) is 0 Å². The van der Waals surface area contributed by atoms with E-state index in [0.717, 1.165) is 32.9 Å². The van der Waals surface area contributed by atoms with Crippen LogP contribution < -0.4 is 34.1 Å². The first-order valence-electron chi connectivity index (χ1n) is 26.6. The molecule has 0 spiro atoms. The number of fused-ring (bicyclic) bond motifs is 10. The Labute approximate surface area is 539 Å². The van der Waals surface area contributed by atoms with Gasteiger partial charge in [-0.3, -0.25) is 42.3 Å². The Bertz CT molecular complexity index is 4220. The molecular formula is C42H48F4N20O16P4S6. The van der Waals surface area contributed by atoms with Gasteiger partial charge < -0.3 is 70.1 Å². The lowest BCUT2D eigenvalue weighted by Gasteiger charge is -2.28. The van der Waals surface area contributed by atoms with E-state index in [-0.39, 0.29) is 67.9 Å². The van der Waals surface area contributed by atoms with E-state index in [9.17, 15) is 28.8 Å². The average Bonchev–Trinajstić information content (AvgIpc) is 1.57. The number of hydrogen-bond acceptors (Lipinski definition) is 32. The van der Waals surface area contributed by atoms with Crippen molar-refractivity contribution < 1.29 is 82.9 Å². The number of nitrogens with zero attached hydrogens (tertiary/aromatic N) is 14. The third-order valence-corrected chi connectivity index (χ3v) is 24.4. The highest BCUT2D eigenvalue weighted by molar-refractivity contribution is 8.44. The monoisotopic (exact) mass is 1480 g/mol. The first-order chi connectivity index (χ1) is 43.6. The number of nitrogens with two attached hydrogens (primary N) is 4. The fourth-order valence-corrected chi connectivity index (χ4v) is 19.2. The molecule has 0 radical (unpaired) electrons. The molecule has 4 unspecified atom stereocenters. The lowest BCUT2D eigenvalue weighted by atomic mass is 10.1. The predicted molar refractivity (Wildman–Crippen MR) is 332 cm³/mol. The second-order valence-corrected chi connectivity index (χ2v) is 36.3. The molecule has 14 heterocycles. The highest BCUT2D eigenvalue weighted by Gasteiger charge is 2.55. The van der Waals surface area contributed by atoms with Crippen LogP contribution in [-0.2, 0) is 86.1 Å². The summed E-state index contributed by atoms with van der Waals surface area (Å²) in [4.78, 5) is 87.0. The molecule has 4 bridgehead atoms. The van der Waals surface area contributed by atoms with Crippen molar-refractivity contribution in [1.29, 1.82) is 0 Å². The second kappa shape index (κ2) is 25.5. The van der Waals surface area contributed by atoms with Gasteiger partial charge in [-0.2, -0.15) is 19.3 Å². The summed E-state index contributed by atoms with van der Waals surface area (Å²) in [6.45, 7) is -18.3. The number of imidazole rings is 2. The molecule has 6 fully saturated rings. The lowest BCUT2D eigenvalue weighted by molar-refractivity contribution is -0.0589. The standard InChI is InChI=1S/2C21H24F2N10O8P2S3/c2*22-10-9-4-38-42(35,44)6-37-14-8(40-19(11(14)23)33-16-12(30-31-33)7(24)1-2-26-16)3-39-43(36,45)41-15(10)20(46-9)32-5-27-13-17(32)28-21(25)29-18(13)34/h2*1-2,5,8-11,14-15,19-20H,3-4,6H2,(H2,24,26)(H,35,44)(H,36,45)(H3,25,28,29,34)/t2*8-,9-,10-,11+,14-,15-,19-,20-,42?,43?/m11/s1. The van der Waals surface area contributed by atoms with Crippen LogP contribution in [0.2, 0.25) is 0 Å². The maximum absolute atomic E-state index is 16.0. The maximum Gasteiger partial charge on any atom is 0.386 e. The number of alkyl halides is 4. The Morgan fingerprint density at radius 1 is 0.587 bits per heavy atom. The minimum Gasteiger partial charge on any atom is -0.397 e. The minimum atomic E-state index is -4.42. The average molecular weight is 1480 g/mol. The van der Waals surface area contributed by atoms with E-state index < -0.39 is 172 Å². The smallest absolute Gasteiger partial charge is 0.386 e. The molecule has 0 aromatic carbocycles. The van der Waals surface area contributed by atoms with Gasteiger partial charge in [-0.15, -0.1) is 33.7 Å². The van der Waals surface area contributed by atoms with Crippen LogP contribution in [0.3, 0.4) is 0 Å². The molecule has 0 saturated carbocycles. The molecule has 6 aliphatic rings. The van der Waals surface area contributed by atoms with E-state index in [1.807, 2.05) is 0 Å². The van der Waals surface area contributed by atoms with Gasteiger partial charge in [0.2, 0.25) is 24.9 Å². The highest BCUT2D eigenvalue weighted by Crippen LogP contribution is 2.61. The van der Waals surface area contributed by atoms with Crippen LogP contribution in [-0.4, -0.2) is 205 Å². The van der Waals surface area contributed by atoms with Crippen LogP contribution in [0.25, 0.3) is 44.7 Å². The summed E-state index contributed by atoms with van der Waals surface area (Å²) in [6.07, 6.45) is -15.0. The molecule has 36 nitrogen and oxygen atoms in total. The number of ether oxygens (including phenoxy) is 4. The summed E-state index contributed by atoms with van der Waals surface area (Å²) in [5.41, 5.74) is 23.1. The van der Waals surface area contributed by atoms with Crippen molar-refractivity contribution in [2.24, 2.45) is 0 Å². The molecule has 6 aliphatic heterocycles. The molecular weight excluding hydrogens is 1430 g/mol. The zero-order valence-corrected chi connectivity index (χ0v) is 54.5. The molecule has 50 heteroatoms. The molecule has 0 amide bonds. The van der Waals surface area contributed by atoms with Crippen LogP contribution in [0.15, 0.2) is 46.8 Å². The number of anilines is 4. The van der Waals surface area contributed by atoms with E-state index in [1.165, 1.54) is 46.3 Å². The topological polar surface area (TPSA) is 488 Å². The summed E-state index contributed by atoms with van der Waals surface area (Å²) >= 11 is 21.7. The van der Waals surface area contributed by atoms with Gasteiger partial charge in [-0.25, -0.2) is 42.1 Å². The van der Waals surface area contributed by atoms with Crippen molar-refractivity contribution in [2.75, 3.05) is 62.1 Å². The van der Waals surface area contributed by atoms with E-state index >= 15 is 17.6 Å². The number of thiol groups is 1. The Morgan fingerprint density at radius 2 is 1.02 bits per heavy atom. The Hall–Kier alpha value is -4.57. The number of rotatable bonds is 4. The van der Waals surface area contributed by atoms with Gasteiger partial charge >= 0.3 is 13.5 Å². The maximum atomic E-state index is 16.0. The Morgan fingerprint density at radius 3 is 1.48 bits per heavy atom. The zero-order valence-electron chi connectivity index (χ0n) is 46.0. The van der Waals surface area contributed by atoms with Crippen LogP contribution in [0.1, 0.15) is 23.2 Å². The van der Waals surface area contributed by atoms with Gasteiger partial charge in [0.05, 0.1) is 61.0 Å². The van der Waals surface area contributed by atoms with E-state index in [2.05, 4.69) is 72.7 Å². The van der Waals surface area contributed by atoms with Gasteiger partial charge in [-0.1, -0.05) is 22.7 Å². The summed E-state index contributed by atoms with van der Waals surface area (Å²) in [5, 5.41) is 11.6. The predicted octanol–water partition coefficient (Wildman–Crippen LogP) is 2.03. The molecule has 496 valence electrons. The lowest BCUT2D eigenvalue weighted by Crippen LogP contribution is -2.36. The highest BCUT2D eigenvalue weighted by atomic mass is 32.7. The van der Waals surface area contributed by atoms with Crippen LogP contribution >= 0.6 is 62.3 Å². The van der Waals surface area contributed by atoms with Gasteiger partial charge in [0, 0.05) is 12.4 Å². The summed E-state index contributed by atoms with van der Waals surface area (Å²) in [6, 6.07) is 3.00. The van der Waals surface area contributed by atoms with E-state index in [4.69, 9.17) is 104 Å². The summed E-state index contributed by atoms with van der Waals surface area (Å²) in [5.74, 6) is -0.423. The molecule has 14 rings (SSSR count). The number of aromatic nitrogens is 16. The summed E-state index contributed by atoms with van der Waals surface area (Å²) in [7, 11) is 0. The Kier molecular flexibility index (Phi) is 18.3. The van der Waals surface area contributed by atoms with E-state index in [1.54, 1.807) is 0 Å². The van der Waals surface area contributed by atoms with Crippen molar-refractivity contribution in [1.82, 2.24) is 79.0 Å². The summed E-state index contributed by atoms with van der Waals surface area (Å²) < 4.78 is 139. The molecule has 0 aliphatic carbocycles. The number of thioether (sulfide) groups is 2. The fraction of sp³-hybridized carbons (Fsp3) is 0.524. The number of nitrogen functional groups attached to an aromatic ring is 4. The number of nitrogens with one attached hydrogen (secondary N) is 2. The van der Waals surface area contributed by atoms with Crippen LogP contribution in [0, 0.1) is 0 Å². The molecule has 8 aromatic heterocycles. The first-order valence-corrected chi connectivity index (χ1v) is 39.5. The van der Waals surface area contributed by atoms with Crippen LogP contribution in [0.5, 0.6) is 0 Å². The largest absolute Gasteiger partial charge is 0.397 e. The molecule has 92 heavy (non-hydrogen) atoms. The number of aromatic amines is 2. The number of hydrogen-bond donors (Lipinski definition) is 10. The van der Waals surface area contributed by atoms with Gasteiger partial charge in [0.25, 0.3) is 11.1 Å². The van der Waals surface area contributed by atoms with Gasteiger partial charge in [-0.05, 0) is 47.6 Å². The second-order valence-electron chi connectivity index (χ2n) is 20.9. The SMILES string of the molecule is Nc1nc2c(ncn2[C@@H]2S[C@@H]3COP(O)(=S)CO[C@H]4[C@H](F)[C@H](n5nnc6c(N)ccnc65)O[C@@H]4COP(=O)(S)O[C@@H]2[C@@H]3F)c(=O)[nH]1.Nc1nc2c(ncn2[C@@H]2S[C@@H]3COP(O)(=S)CO[C@H]4[C@H](F)[C@H](n5nnc6c(N)ccnc65)O[C@@H]4COP(O)(=S)O[C@@H]2[C@@H]3F)c(=O)[nH]1. The first kappa shape index (κ1) is 66.1. The molecule has 6 saturated heterocycles. The third kappa shape index (κ3) is 12.9. The van der Waals surface area contributed by atoms with Gasteiger partial charge in [0.15, 0.2) is 69.5 Å². The van der Waals surface area contributed by atoms with Crippen LogP contribution in [0.4, 0.5) is 40.8 Å². The zero-order chi connectivity index (χ0) is 65.1. The number of pyridine rings is 2. The fourth-order valence-electron chi connectivity index (χ4n) is 10.6. The quantitative estimate of drug-likeness (QED) is 0.0684.